The molecule has 6 aliphatic rings. The molecule has 10 rings (SSSR count). The van der Waals surface area contributed by atoms with Crippen molar-refractivity contribution in [1.82, 2.24) is 19.9 Å². The summed E-state index contributed by atoms with van der Waals surface area (Å²) in [5.74, 6) is -7.86. The highest BCUT2D eigenvalue weighted by Gasteiger charge is 2.46. The lowest BCUT2D eigenvalue weighted by Gasteiger charge is -2.27. The number of benzene rings is 4. The van der Waals surface area contributed by atoms with Crippen LogP contribution in [0.1, 0.15) is 85.5 Å². The zero-order valence-corrected chi connectivity index (χ0v) is 45.7. The Morgan fingerprint density at radius 3 is 1.23 bits per heavy atom. The van der Waals surface area contributed by atoms with Gasteiger partial charge < -0.3 is 40.5 Å². The molecule has 10 amide bonds. The fourth-order valence-corrected chi connectivity index (χ4v) is 12.9. The highest BCUT2D eigenvalue weighted by molar-refractivity contribution is 8.01. The van der Waals surface area contributed by atoms with Crippen LogP contribution in [0.3, 0.4) is 0 Å². The molecule has 0 bridgehead atoms. The van der Waals surface area contributed by atoms with Crippen molar-refractivity contribution in [2.75, 3.05) is 36.9 Å². The fraction of sp³-hybridized carbons (Fsp3) is 0.357. The number of nitrogens with zero attached hydrogens (tertiary/aromatic N) is 4. The molecule has 8 unspecified atom stereocenters. The Morgan fingerprint density at radius 1 is 0.488 bits per heavy atom. The minimum atomic E-state index is -2.13. The van der Waals surface area contributed by atoms with Gasteiger partial charge in [0.1, 0.15) is 36.3 Å². The Balaban J connectivity index is 0.663. The number of rotatable bonds is 21. The molecule has 4 aromatic rings. The molecule has 438 valence electrons. The van der Waals surface area contributed by atoms with Gasteiger partial charge in [-0.2, -0.15) is 0 Å². The highest BCUT2D eigenvalue weighted by Crippen LogP contribution is 2.47. The Bertz CT molecular complexity index is 3180. The molecular formula is C56H52N6O20S2. The van der Waals surface area contributed by atoms with E-state index in [9.17, 15) is 78.0 Å². The molecule has 0 spiro atoms. The average Bonchev–Trinajstić information content (AvgIpc) is 2.63. The summed E-state index contributed by atoms with van der Waals surface area (Å²) in [5, 5.41) is 47.2. The summed E-state index contributed by atoms with van der Waals surface area (Å²) in [6, 6.07) is 24.8. The molecule has 4 heterocycles. The molecule has 84 heavy (non-hydrogen) atoms. The van der Waals surface area contributed by atoms with Crippen LogP contribution >= 0.6 is 23.5 Å². The number of hydrogen-bond acceptors (Lipinski definition) is 22. The minimum absolute atomic E-state index is 0.0936. The number of anilines is 2. The number of amides is 10. The Kier molecular flexibility index (Phi) is 17.3. The Hall–Kier alpha value is -8.54. The van der Waals surface area contributed by atoms with E-state index in [2.05, 4.69) is 10.6 Å². The van der Waals surface area contributed by atoms with Gasteiger partial charge in [0.2, 0.25) is 35.4 Å². The monoisotopic (exact) mass is 1190 g/mol. The summed E-state index contributed by atoms with van der Waals surface area (Å²) >= 11 is 0.859. The number of hydrogen-bond donors (Lipinski definition) is 6. The maximum Gasteiger partial charge on any atom is 0.533 e. The first kappa shape index (κ1) is 58.6. The average molecular weight is 1190 g/mol. The normalized spacial score (nSPS) is 21.0. The summed E-state index contributed by atoms with van der Waals surface area (Å²) < 4.78 is 10.6. The zero-order valence-electron chi connectivity index (χ0n) is 44.1. The van der Waals surface area contributed by atoms with Gasteiger partial charge in [-0.05, 0) is 68.8 Å². The Morgan fingerprint density at radius 2 is 0.845 bits per heavy atom. The number of thioether (sulfide) groups is 2. The van der Waals surface area contributed by atoms with Crippen LogP contribution in [0.4, 0.5) is 21.0 Å². The molecule has 6 N–H and O–H groups in total. The molecule has 28 heteroatoms. The van der Waals surface area contributed by atoms with Crippen molar-refractivity contribution in [3.8, 4) is 22.3 Å². The third kappa shape index (κ3) is 12.2. The maximum absolute atomic E-state index is 13.4. The summed E-state index contributed by atoms with van der Waals surface area (Å²) in [7, 11) is 0. The number of hydroxylamine groups is 4. The van der Waals surface area contributed by atoms with E-state index in [1.807, 2.05) is 36.4 Å². The van der Waals surface area contributed by atoms with Gasteiger partial charge >= 0.3 is 12.3 Å². The molecule has 0 aromatic heterocycles. The summed E-state index contributed by atoms with van der Waals surface area (Å²) in [5.41, 5.74) is 2.98. The first-order chi connectivity index (χ1) is 40.2. The number of aliphatic hydroxyl groups is 4. The lowest BCUT2D eigenvalue weighted by molar-refractivity contribution is -0.177. The Labute approximate surface area is 484 Å². The molecule has 0 radical (unpaired) electrons. The van der Waals surface area contributed by atoms with E-state index in [4.69, 9.17) is 19.1 Å². The van der Waals surface area contributed by atoms with E-state index >= 15 is 0 Å². The molecular weight excluding hydrogens is 1140 g/mol. The van der Waals surface area contributed by atoms with Crippen molar-refractivity contribution in [2.24, 2.45) is 0 Å². The second kappa shape index (κ2) is 24.7. The van der Waals surface area contributed by atoms with Gasteiger partial charge in [0.25, 0.3) is 23.6 Å². The number of aliphatic hydroxyl groups excluding tert-OH is 4. The standard InChI is InChI=1S/C56H52N6O20S2/c63-41(57-27-9-11-33-29-5-1-3-7-31(29)37(35(33)21-27)25-79-55(77)81-61-43(65)13-14-44(61)66)17-19-59-47(69)23-39(51(59)73)83-53(75)49(71)50(72)54(76)84-40-24-48(70)60(52(40)74)20-18-42(64)58-28-10-12-34-30-6-2-4-8-32(30)38(36(34)22-28)26-80-56(78)82-62-45(67)15-16-46(62)68/h1-12,21-22,37-40,49-50,53-54,71-72,75-76H,13-20,23-26H2,(H,57,63)(H,58,64). The SMILES string of the molecule is O=C(CCN1C(=O)CC(SC(O)C(O)C(O)C(O)SC2CC(=O)N(CCC(=O)Nc3ccc4c(c3)C(COC(=O)ON3C(=O)CCC3=O)c3ccccc3-4)C2=O)C1=O)Nc1ccc2c(c1)C(COC(=O)ON1C(=O)CCC1=O)c1ccccc1-2. The topological polar surface area (TPSA) is 360 Å². The van der Waals surface area contributed by atoms with Crippen LogP contribution in [0.15, 0.2) is 84.9 Å². The van der Waals surface area contributed by atoms with Crippen LogP contribution in [-0.2, 0) is 67.1 Å². The molecule has 8 atom stereocenters. The largest absolute Gasteiger partial charge is 0.533 e. The van der Waals surface area contributed by atoms with Gasteiger partial charge in [-0.15, -0.1) is 23.5 Å². The molecule has 0 saturated carbocycles. The van der Waals surface area contributed by atoms with Crippen LogP contribution in [0.2, 0.25) is 0 Å². The third-order valence-corrected chi connectivity index (χ3v) is 17.3. The van der Waals surface area contributed by atoms with E-state index in [0.717, 1.165) is 43.2 Å². The van der Waals surface area contributed by atoms with Crippen LogP contribution in [-0.4, -0.2) is 172 Å². The molecule has 4 fully saturated rings. The number of ether oxygens (including phenoxy) is 2. The second-order valence-corrected chi connectivity index (χ2v) is 22.8. The summed E-state index contributed by atoms with van der Waals surface area (Å²) in [6.07, 6.45) is -8.71. The van der Waals surface area contributed by atoms with Gasteiger partial charge in [-0.25, -0.2) is 9.59 Å². The van der Waals surface area contributed by atoms with E-state index in [1.165, 1.54) is 0 Å². The van der Waals surface area contributed by atoms with Crippen molar-refractivity contribution >= 4 is 106 Å². The van der Waals surface area contributed by atoms with Crippen molar-refractivity contribution in [2.45, 2.75) is 96.8 Å². The van der Waals surface area contributed by atoms with Gasteiger partial charge in [-0.1, -0.05) is 70.8 Å². The highest BCUT2D eigenvalue weighted by atomic mass is 32.2. The number of nitrogens with one attached hydrogen (secondary N) is 2. The van der Waals surface area contributed by atoms with Gasteiger partial charge in [-0.3, -0.25) is 67.4 Å². The zero-order chi connectivity index (χ0) is 59.7. The van der Waals surface area contributed by atoms with Crippen molar-refractivity contribution in [3.63, 3.8) is 0 Å². The molecule has 26 nitrogen and oxygen atoms in total. The van der Waals surface area contributed by atoms with Crippen molar-refractivity contribution in [1.29, 1.82) is 0 Å². The number of imide groups is 4. The van der Waals surface area contributed by atoms with E-state index in [0.29, 0.717) is 56.2 Å². The molecule has 2 aliphatic carbocycles. The van der Waals surface area contributed by atoms with Crippen molar-refractivity contribution in [3.05, 3.63) is 107 Å². The van der Waals surface area contributed by atoms with Gasteiger partial charge in [0.05, 0.1) is 10.5 Å². The second-order valence-electron chi connectivity index (χ2n) is 20.1. The molecule has 4 saturated heterocycles. The first-order valence-corrected chi connectivity index (χ1v) is 28.3. The van der Waals surface area contributed by atoms with Crippen LogP contribution < -0.4 is 10.6 Å². The van der Waals surface area contributed by atoms with Gasteiger partial charge in [0.15, 0.2) is 0 Å². The van der Waals surface area contributed by atoms with Crippen molar-refractivity contribution < 1.29 is 97.1 Å². The smallest absolute Gasteiger partial charge is 0.432 e. The molecule has 4 aliphatic heterocycles. The van der Waals surface area contributed by atoms with E-state index < -0.39 is 130 Å². The van der Waals surface area contributed by atoms with Crippen LogP contribution in [0.25, 0.3) is 22.3 Å². The third-order valence-electron chi connectivity index (χ3n) is 14.8. The van der Waals surface area contributed by atoms with Gasteiger partial charge in [0, 0.05) is 87.7 Å². The van der Waals surface area contributed by atoms with Crippen LogP contribution in [0, 0.1) is 0 Å². The quantitative estimate of drug-likeness (QED) is 0.0397. The predicted molar refractivity (Wildman–Crippen MR) is 290 cm³/mol. The minimum Gasteiger partial charge on any atom is -0.432 e. The first-order valence-electron chi connectivity index (χ1n) is 26.4. The lowest BCUT2D eigenvalue weighted by atomic mass is 9.97. The number of carbonyl (C=O) groups is 12. The number of carbonyl (C=O) groups excluding carboxylic acids is 12. The fourth-order valence-electron chi connectivity index (χ4n) is 10.7. The summed E-state index contributed by atoms with van der Waals surface area (Å²) in [6.45, 7) is -1.19. The van der Waals surface area contributed by atoms with E-state index in [1.54, 1.807) is 48.5 Å². The molecule has 4 aromatic carbocycles. The number of likely N-dealkylation sites (tertiary alicyclic amines) is 2. The number of fused-ring (bicyclic) bond motifs is 6. The predicted octanol–water partition coefficient (Wildman–Crippen LogP) is 2.78. The van der Waals surface area contributed by atoms with Crippen LogP contribution in [0.5, 0.6) is 0 Å². The lowest BCUT2D eigenvalue weighted by Crippen LogP contribution is -2.44. The summed E-state index contributed by atoms with van der Waals surface area (Å²) in [4.78, 5) is 163. The maximum atomic E-state index is 13.4. The van der Waals surface area contributed by atoms with E-state index in [-0.39, 0.29) is 64.8 Å².